The summed E-state index contributed by atoms with van der Waals surface area (Å²) in [6.45, 7) is 2.62. The van der Waals surface area contributed by atoms with Crippen LogP contribution >= 0.6 is 12.4 Å². The second kappa shape index (κ2) is 6.14. The van der Waals surface area contributed by atoms with E-state index < -0.39 is 0 Å². The van der Waals surface area contributed by atoms with Crippen molar-refractivity contribution >= 4 is 29.1 Å². The number of imidazole rings is 1. The largest absolute Gasteiger partial charge is 0.350 e. The minimum Gasteiger partial charge on any atom is -0.350 e. The number of fused-ring (bicyclic) bond motifs is 1. The van der Waals surface area contributed by atoms with Crippen molar-refractivity contribution in [3.63, 3.8) is 0 Å². The molecule has 2 aromatic heterocycles. The van der Waals surface area contributed by atoms with Gasteiger partial charge in [0.2, 0.25) is 0 Å². The molecule has 0 spiro atoms. The summed E-state index contributed by atoms with van der Waals surface area (Å²) in [7, 11) is 1.97. The van der Waals surface area contributed by atoms with Gasteiger partial charge in [-0.3, -0.25) is 4.79 Å². The SMILES string of the molecule is Cc1cn(CCC(=O)c2cn(C)c3ccccc23)cn1.Cl. The molecule has 110 valence electrons. The number of aryl methyl sites for hydroxylation is 3. The first-order valence-corrected chi connectivity index (χ1v) is 6.71. The molecule has 0 radical (unpaired) electrons. The van der Waals surface area contributed by atoms with Crippen LogP contribution in [0.4, 0.5) is 0 Å². The van der Waals surface area contributed by atoms with Gasteiger partial charge in [-0.2, -0.15) is 0 Å². The number of benzene rings is 1. The Morgan fingerprint density at radius 1 is 1.24 bits per heavy atom. The smallest absolute Gasteiger partial charge is 0.166 e. The van der Waals surface area contributed by atoms with E-state index in [1.807, 2.05) is 59.8 Å². The molecule has 0 aliphatic heterocycles. The average molecular weight is 304 g/mol. The Balaban J connectivity index is 0.00000161. The Kier molecular flexibility index (Phi) is 4.48. The summed E-state index contributed by atoms with van der Waals surface area (Å²) < 4.78 is 3.96. The van der Waals surface area contributed by atoms with Crippen molar-refractivity contribution in [3.8, 4) is 0 Å². The molecule has 0 bridgehead atoms. The van der Waals surface area contributed by atoms with Crippen LogP contribution < -0.4 is 0 Å². The Labute approximate surface area is 129 Å². The molecule has 2 heterocycles. The summed E-state index contributed by atoms with van der Waals surface area (Å²) in [5.74, 6) is 0.174. The van der Waals surface area contributed by atoms with Gasteiger partial charge in [0.1, 0.15) is 0 Å². The molecule has 0 aliphatic rings. The first-order chi connectivity index (χ1) is 9.65. The molecular formula is C16H18ClN3O. The first kappa shape index (κ1) is 15.3. The lowest BCUT2D eigenvalue weighted by molar-refractivity contribution is 0.0978. The number of aromatic nitrogens is 3. The van der Waals surface area contributed by atoms with Crippen LogP contribution in [0.15, 0.2) is 43.0 Å². The van der Waals surface area contributed by atoms with Crippen LogP contribution in [0.5, 0.6) is 0 Å². The van der Waals surface area contributed by atoms with Gasteiger partial charge in [-0.1, -0.05) is 18.2 Å². The summed E-state index contributed by atoms with van der Waals surface area (Å²) >= 11 is 0. The van der Waals surface area contributed by atoms with E-state index >= 15 is 0 Å². The number of hydrogen-bond acceptors (Lipinski definition) is 2. The van der Waals surface area contributed by atoms with Crippen LogP contribution in [-0.2, 0) is 13.6 Å². The van der Waals surface area contributed by atoms with Gasteiger partial charge in [0.05, 0.1) is 12.0 Å². The lowest BCUT2D eigenvalue weighted by atomic mass is 10.1. The standard InChI is InChI=1S/C16H17N3O.ClH/c1-12-9-19(11-17-12)8-7-16(20)14-10-18(2)15-6-4-3-5-13(14)15;/h3-6,9-11H,7-8H2,1-2H3;1H. The number of para-hydroxylation sites is 1. The predicted octanol–water partition coefficient (Wildman–Crippen LogP) is 3.38. The number of carbonyl (C=O) groups excluding carboxylic acids is 1. The number of nitrogens with zero attached hydrogens (tertiary/aromatic N) is 3. The van der Waals surface area contributed by atoms with Gasteiger partial charge in [-0.15, -0.1) is 12.4 Å². The Hall–Kier alpha value is -2.07. The fourth-order valence-electron chi connectivity index (χ4n) is 2.52. The number of hydrogen-bond donors (Lipinski definition) is 0. The van der Waals surface area contributed by atoms with Crippen molar-refractivity contribution in [1.82, 2.24) is 14.1 Å². The maximum absolute atomic E-state index is 12.4. The van der Waals surface area contributed by atoms with Gasteiger partial charge >= 0.3 is 0 Å². The lowest BCUT2D eigenvalue weighted by Gasteiger charge is -2.01. The number of ketones is 1. The van der Waals surface area contributed by atoms with E-state index in [1.165, 1.54) is 0 Å². The number of rotatable bonds is 4. The normalized spacial score (nSPS) is 10.6. The summed E-state index contributed by atoms with van der Waals surface area (Å²) in [4.78, 5) is 16.6. The molecular weight excluding hydrogens is 286 g/mol. The van der Waals surface area contributed by atoms with E-state index in [0.717, 1.165) is 22.2 Å². The van der Waals surface area contributed by atoms with Gasteiger partial charge < -0.3 is 9.13 Å². The molecule has 0 N–H and O–H groups in total. The molecule has 0 saturated carbocycles. The summed E-state index contributed by atoms with van der Waals surface area (Å²) in [5.41, 5.74) is 2.87. The van der Waals surface area contributed by atoms with E-state index in [2.05, 4.69) is 4.98 Å². The average Bonchev–Trinajstić information content (AvgIpc) is 3.01. The summed E-state index contributed by atoms with van der Waals surface area (Å²) in [6.07, 6.45) is 6.14. The topological polar surface area (TPSA) is 39.8 Å². The van der Waals surface area contributed by atoms with Crippen molar-refractivity contribution in [3.05, 3.63) is 54.2 Å². The van der Waals surface area contributed by atoms with E-state index in [0.29, 0.717) is 13.0 Å². The Bertz CT molecular complexity index is 773. The van der Waals surface area contributed by atoms with Crippen LogP contribution in [0.2, 0.25) is 0 Å². The van der Waals surface area contributed by atoms with Gasteiger partial charge in [0.25, 0.3) is 0 Å². The van der Waals surface area contributed by atoms with Crippen LogP contribution in [0, 0.1) is 6.92 Å². The van der Waals surface area contributed by atoms with Crippen molar-refractivity contribution < 1.29 is 4.79 Å². The molecule has 0 aliphatic carbocycles. The van der Waals surface area contributed by atoms with Crippen LogP contribution in [0.1, 0.15) is 22.5 Å². The molecule has 4 nitrogen and oxygen atoms in total. The molecule has 21 heavy (non-hydrogen) atoms. The highest BCUT2D eigenvalue weighted by Crippen LogP contribution is 2.21. The Morgan fingerprint density at radius 2 is 2.00 bits per heavy atom. The fourth-order valence-corrected chi connectivity index (χ4v) is 2.52. The fraction of sp³-hybridized carbons (Fsp3) is 0.250. The zero-order valence-corrected chi connectivity index (χ0v) is 12.9. The minimum absolute atomic E-state index is 0. The number of Topliss-reactive ketones (excluding diaryl/α,β-unsaturated/α-hetero) is 1. The highest BCUT2D eigenvalue weighted by Gasteiger charge is 2.13. The molecule has 3 aromatic rings. The zero-order valence-electron chi connectivity index (χ0n) is 12.1. The van der Waals surface area contributed by atoms with Crippen molar-refractivity contribution in [2.75, 3.05) is 0 Å². The van der Waals surface area contributed by atoms with Crippen LogP contribution in [-0.4, -0.2) is 19.9 Å². The third kappa shape index (κ3) is 3.00. The van der Waals surface area contributed by atoms with E-state index in [-0.39, 0.29) is 18.2 Å². The van der Waals surface area contributed by atoms with Gasteiger partial charge in [0, 0.05) is 48.9 Å². The van der Waals surface area contributed by atoms with E-state index in [9.17, 15) is 4.79 Å². The third-order valence-corrected chi connectivity index (χ3v) is 3.56. The van der Waals surface area contributed by atoms with Crippen molar-refractivity contribution in [2.45, 2.75) is 19.9 Å². The van der Waals surface area contributed by atoms with Crippen molar-refractivity contribution in [1.29, 1.82) is 0 Å². The van der Waals surface area contributed by atoms with E-state index in [4.69, 9.17) is 0 Å². The van der Waals surface area contributed by atoms with E-state index in [1.54, 1.807) is 6.33 Å². The molecule has 5 heteroatoms. The Morgan fingerprint density at radius 3 is 2.71 bits per heavy atom. The van der Waals surface area contributed by atoms with Gasteiger partial charge in [-0.05, 0) is 13.0 Å². The summed E-state index contributed by atoms with van der Waals surface area (Å²) in [5, 5.41) is 1.03. The van der Waals surface area contributed by atoms with Crippen molar-refractivity contribution in [2.24, 2.45) is 7.05 Å². The molecule has 0 saturated heterocycles. The summed E-state index contributed by atoms with van der Waals surface area (Å²) in [6, 6.07) is 8.00. The zero-order chi connectivity index (χ0) is 14.1. The highest BCUT2D eigenvalue weighted by atomic mass is 35.5. The maximum atomic E-state index is 12.4. The molecule has 0 amide bonds. The number of carbonyl (C=O) groups is 1. The monoisotopic (exact) mass is 303 g/mol. The van der Waals surface area contributed by atoms with Crippen LogP contribution in [0.25, 0.3) is 10.9 Å². The number of halogens is 1. The molecule has 0 atom stereocenters. The second-order valence-corrected chi connectivity index (χ2v) is 5.10. The minimum atomic E-state index is 0. The molecule has 0 fully saturated rings. The van der Waals surface area contributed by atoms with Gasteiger partial charge in [-0.25, -0.2) is 4.98 Å². The lowest BCUT2D eigenvalue weighted by Crippen LogP contribution is -2.04. The maximum Gasteiger partial charge on any atom is 0.166 e. The molecule has 0 unspecified atom stereocenters. The predicted molar refractivity (Wildman–Crippen MR) is 86.1 cm³/mol. The first-order valence-electron chi connectivity index (χ1n) is 6.71. The second-order valence-electron chi connectivity index (χ2n) is 5.10. The van der Waals surface area contributed by atoms with Crippen LogP contribution in [0.3, 0.4) is 0 Å². The van der Waals surface area contributed by atoms with Gasteiger partial charge in [0.15, 0.2) is 5.78 Å². The quantitative estimate of drug-likeness (QED) is 0.693. The molecule has 1 aromatic carbocycles. The molecule has 3 rings (SSSR count). The third-order valence-electron chi connectivity index (χ3n) is 3.56. The highest BCUT2D eigenvalue weighted by molar-refractivity contribution is 6.08.